The number of carbonyl (C=O) groups excluding carboxylic acids is 2. The quantitative estimate of drug-likeness (QED) is 0.526. The molecule has 0 spiro atoms. The van der Waals surface area contributed by atoms with Crippen molar-refractivity contribution in [1.82, 2.24) is 0 Å². The Labute approximate surface area is 85.1 Å². The third-order valence-corrected chi connectivity index (χ3v) is 1.86. The van der Waals surface area contributed by atoms with E-state index >= 15 is 0 Å². The van der Waals surface area contributed by atoms with E-state index in [4.69, 9.17) is 16.2 Å². The van der Waals surface area contributed by atoms with Crippen molar-refractivity contribution in [2.75, 3.05) is 6.61 Å². The van der Waals surface area contributed by atoms with Gasteiger partial charge < -0.3 is 30.8 Å². The number of aliphatic hydroxyl groups excluding tert-OH is 1. The summed E-state index contributed by atoms with van der Waals surface area (Å²) >= 11 is 0. The van der Waals surface area contributed by atoms with Crippen LogP contribution in [0.15, 0.2) is 0 Å². The zero-order chi connectivity index (χ0) is 11.4. The number of amides is 2. The lowest BCUT2D eigenvalue weighted by Crippen LogP contribution is -2.50. The van der Waals surface area contributed by atoms with Crippen molar-refractivity contribution < 1.29 is 28.9 Å². The molecule has 86 valence electrons. The molecule has 0 aliphatic carbocycles. The number of primary amides is 2. The molecule has 8 nitrogen and oxygen atoms in total. The Hall–Kier alpha value is -1.54. The van der Waals surface area contributed by atoms with E-state index in [-0.39, 0.29) is 13.0 Å². The molecule has 1 saturated heterocycles. The van der Waals surface area contributed by atoms with Crippen LogP contribution in [-0.4, -0.2) is 42.4 Å². The molecule has 1 aliphatic heterocycles. The molecular formula is C7H12N2O6. The Bertz CT molecular complexity index is 258. The van der Waals surface area contributed by atoms with Crippen LogP contribution in [0.2, 0.25) is 0 Å². The maximum Gasteiger partial charge on any atom is 0.405 e. The molecule has 0 aromatic rings. The molecule has 0 bridgehead atoms. The number of carbonyl (C=O) groups is 2. The summed E-state index contributed by atoms with van der Waals surface area (Å²) in [6.07, 6.45) is -5.23. The number of hydrogen-bond acceptors (Lipinski definition) is 6. The zero-order valence-electron chi connectivity index (χ0n) is 7.79. The van der Waals surface area contributed by atoms with Gasteiger partial charge in [0.05, 0.1) is 6.61 Å². The fraction of sp³-hybridized carbons (Fsp3) is 0.714. The van der Waals surface area contributed by atoms with E-state index in [0.717, 1.165) is 0 Å². The largest absolute Gasteiger partial charge is 0.442 e. The summed E-state index contributed by atoms with van der Waals surface area (Å²) in [5, 5.41) is 9.31. The highest BCUT2D eigenvalue weighted by Gasteiger charge is 2.38. The van der Waals surface area contributed by atoms with Gasteiger partial charge in [0.2, 0.25) is 0 Å². The second kappa shape index (κ2) is 4.80. The summed E-state index contributed by atoms with van der Waals surface area (Å²) in [5.74, 6) is 0. The molecule has 1 aliphatic rings. The molecule has 1 rings (SSSR count). The van der Waals surface area contributed by atoms with Crippen LogP contribution in [0.1, 0.15) is 6.42 Å². The third kappa shape index (κ3) is 3.26. The molecule has 15 heavy (non-hydrogen) atoms. The van der Waals surface area contributed by atoms with Crippen molar-refractivity contribution in [1.29, 1.82) is 0 Å². The average molecular weight is 220 g/mol. The Morgan fingerprint density at radius 3 is 2.40 bits per heavy atom. The van der Waals surface area contributed by atoms with Crippen LogP contribution < -0.4 is 11.5 Å². The van der Waals surface area contributed by atoms with Gasteiger partial charge in [-0.25, -0.2) is 9.59 Å². The van der Waals surface area contributed by atoms with Crippen molar-refractivity contribution in [3.63, 3.8) is 0 Å². The van der Waals surface area contributed by atoms with Crippen molar-refractivity contribution in [2.24, 2.45) is 11.5 Å². The lowest BCUT2D eigenvalue weighted by molar-refractivity contribution is -0.217. The first kappa shape index (κ1) is 11.5. The Morgan fingerprint density at radius 2 is 1.87 bits per heavy atom. The predicted octanol–water partition coefficient (Wildman–Crippen LogP) is -1.35. The molecule has 0 unspecified atom stereocenters. The fourth-order valence-electron chi connectivity index (χ4n) is 1.29. The molecule has 2 amide bonds. The lowest BCUT2D eigenvalue weighted by Gasteiger charge is -2.33. The van der Waals surface area contributed by atoms with E-state index < -0.39 is 30.7 Å². The maximum atomic E-state index is 10.5. The van der Waals surface area contributed by atoms with Crippen LogP contribution in [0.5, 0.6) is 0 Å². The third-order valence-electron chi connectivity index (χ3n) is 1.86. The van der Waals surface area contributed by atoms with Crippen LogP contribution in [0, 0.1) is 0 Å². The molecule has 1 heterocycles. The minimum atomic E-state index is -1.38. The highest BCUT2D eigenvalue weighted by molar-refractivity contribution is 5.66. The van der Waals surface area contributed by atoms with Crippen molar-refractivity contribution in [2.45, 2.75) is 24.9 Å². The molecule has 8 heteroatoms. The van der Waals surface area contributed by atoms with Gasteiger partial charge >= 0.3 is 12.2 Å². The highest BCUT2D eigenvalue weighted by atomic mass is 16.7. The molecule has 0 radical (unpaired) electrons. The first-order valence-corrected chi connectivity index (χ1v) is 4.22. The molecule has 0 aromatic heterocycles. The Morgan fingerprint density at radius 1 is 1.27 bits per heavy atom. The Balaban J connectivity index is 2.63. The zero-order valence-corrected chi connectivity index (χ0v) is 7.79. The fourth-order valence-corrected chi connectivity index (χ4v) is 1.29. The summed E-state index contributed by atoms with van der Waals surface area (Å²) < 4.78 is 14.0. The summed E-state index contributed by atoms with van der Waals surface area (Å²) in [5.41, 5.74) is 9.59. The Kier molecular flexibility index (Phi) is 3.69. The van der Waals surface area contributed by atoms with Crippen LogP contribution >= 0.6 is 0 Å². The molecular weight excluding hydrogens is 208 g/mol. The first-order valence-electron chi connectivity index (χ1n) is 4.22. The number of aliphatic hydroxyl groups is 1. The SMILES string of the molecule is NC(=O)O[C@H]1[C@H](O)OCC[C@H]1OC(N)=O. The van der Waals surface area contributed by atoms with E-state index in [0.29, 0.717) is 0 Å². The van der Waals surface area contributed by atoms with Crippen LogP contribution in [0.3, 0.4) is 0 Å². The van der Waals surface area contributed by atoms with E-state index in [1.165, 1.54) is 0 Å². The molecule has 3 atom stereocenters. The second-order valence-electron chi connectivity index (χ2n) is 2.93. The summed E-state index contributed by atoms with van der Waals surface area (Å²) in [7, 11) is 0. The normalized spacial score (nSPS) is 30.6. The van der Waals surface area contributed by atoms with Gasteiger partial charge in [-0.3, -0.25) is 0 Å². The summed E-state index contributed by atoms with van der Waals surface area (Å²) in [6.45, 7) is 0.164. The number of nitrogens with two attached hydrogens (primary N) is 2. The van der Waals surface area contributed by atoms with Crippen LogP contribution in [0.25, 0.3) is 0 Å². The minimum Gasteiger partial charge on any atom is -0.442 e. The van der Waals surface area contributed by atoms with Gasteiger partial charge in [0.25, 0.3) is 0 Å². The summed E-state index contributed by atoms with van der Waals surface area (Å²) in [6, 6.07) is 0. The number of rotatable bonds is 2. The van der Waals surface area contributed by atoms with E-state index in [9.17, 15) is 14.7 Å². The average Bonchev–Trinajstić information content (AvgIpc) is 2.09. The van der Waals surface area contributed by atoms with Gasteiger partial charge in [0, 0.05) is 6.42 Å². The van der Waals surface area contributed by atoms with Gasteiger partial charge in [0.15, 0.2) is 12.4 Å². The van der Waals surface area contributed by atoms with E-state index in [1.807, 2.05) is 0 Å². The predicted molar refractivity (Wildman–Crippen MR) is 45.5 cm³/mol. The van der Waals surface area contributed by atoms with Gasteiger partial charge in [0.1, 0.15) is 6.10 Å². The minimum absolute atomic E-state index is 0.164. The van der Waals surface area contributed by atoms with E-state index in [1.54, 1.807) is 0 Å². The maximum absolute atomic E-state index is 10.5. The standard InChI is InChI=1S/C7H12N2O6/c8-6(11)14-3-1-2-13-5(10)4(3)15-7(9)12/h3-5,10H,1-2H2,(H2,8,11)(H2,9,12)/t3-,4-,5-/m1/s1. The van der Waals surface area contributed by atoms with Crippen LogP contribution in [0.4, 0.5) is 9.59 Å². The molecule has 1 fully saturated rings. The van der Waals surface area contributed by atoms with Gasteiger partial charge in [-0.1, -0.05) is 0 Å². The van der Waals surface area contributed by atoms with Crippen molar-refractivity contribution in [3.8, 4) is 0 Å². The molecule has 5 N–H and O–H groups in total. The van der Waals surface area contributed by atoms with Crippen molar-refractivity contribution in [3.05, 3.63) is 0 Å². The van der Waals surface area contributed by atoms with Gasteiger partial charge in [-0.2, -0.15) is 0 Å². The second-order valence-corrected chi connectivity index (χ2v) is 2.93. The lowest BCUT2D eigenvalue weighted by atomic mass is 10.1. The summed E-state index contributed by atoms with van der Waals surface area (Å²) in [4.78, 5) is 21.0. The topological polar surface area (TPSA) is 134 Å². The monoisotopic (exact) mass is 220 g/mol. The van der Waals surface area contributed by atoms with Gasteiger partial charge in [-0.15, -0.1) is 0 Å². The first-order chi connectivity index (χ1) is 7.00. The van der Waals surface area contributed by atoms with Crippen molar-refractivity contribution >= 4 is 12.2 Å². The highest BCUT2D eigenvalue weighted by Crippen LogP contribution is 2.19. The number of ether oxygens (including phenoxy) is 3. The van der Waals surface area contributed by atoms with Crippen LogP contribution in [-0.2, 0) is 14.2 Å². The molecule has 0 saturated carbocycles. The van der Waals surface area contributed by atoms with Gasteiger partial charge in [-0.05, 0) is 0 Å². The smallest absolute Gasteiger partial charge is 0.405 e. The number of hydrogen-bond donors (Lipinski definition) is 3. The molecule has 0 aromatic carbocycles. The van der Waals surface area contributed by atoms with E-state index in [2.05, 4.69) is 9.47 Å².